The number of benzene rings is 3. The van der Waals surface area contributed by atoms with Crippen molar-refractivity contribution in [2.45, 2.75) is 19.4 Å². The zero-order chi connectivity index (χ0) is 18.3. The van der Waals surface area contributed by atoms with Crippen LogP contribution in [0.1, 0.15) is 35.3 Å². The molecule has 4 rings (SSSR count). The van der Waals surface area contributed by atoms with Gasteiger partial charge < -0.3 is 10.0 Å². The maximum absolute atomic E-state index is 13.9. The highest BCUT2D eigenvalue weighted by molar-refractivity contribution is 6.10. The first-order chi connectivity index (χ1) is 12.6. The predicted octanol–water partition coefficient (Wildman–Crippen LogP) is 5.31. The van der Waals surface area contributed by atoms with Crippen molar-refractivity contribution in [3.8, 4) is 16.9 Å². The normalized spacial score (nSPS) is 15.3. The number of hydrogen-bond acceptors (Lipinski definition) is 2. The molecule has 3 nitrogen and oxygen atoms in total. The molecule has 26 heavy (non-hydrogen) atoms. The van der Waals surface area contributed by atoms with Gasteiger partial charge in [-0.05, 0) is 53.9 Å². The van der Waals surface area contributed by atoms with Gasteiger partial charge in [0.15, 0.2) is 0 Å². The van der Waals surface area contributed by atoms with Crippen LogP contribution < -0.4 is 4.90 Å². The molecule has 0 saturated carbocycles. The molecule has 0 aromatic heterocycles. The van der Waals surface area contributed by atoms with Crippen LogP contribution in [-0.2, 0) is 0 Å². The van der Waals surface area contributed by atoms with Crippen LogP contribution in [0.2, 0.25) is 0 Å². The van der Waals surface area contributed by atoms with Crippen LogP contribution in [0.15, 0.2) is 66.7 Å². The van der Waals surface area contributed by atoms with Crippen molar-refractivity contribution in [2.24, 2.45) is 0 Å². The Hall–Kier alpha value is -3.14. The van der Waals surface area contributed by atoms with E-state index >= 15 is 0 Å². The first kappa shape index (κ1) is 16.3. The third kappa shape index (κ3) is 2.54. The van der Waals surface area contributed by atoms with Crippen LogP contribution in [0.4, 0.5) is 10.1 Å². The monoisotopic (exact) mass is 347 g/mol. The van der Waals surface area contributed by atoms with Gasteiger partial charge >= 0.3 is 0 Å². The van der Waals surface area contributed by atoms with Crippen molar-refractivity contribution in [3.63, 3.8) is 0 Å². The van der Waals surface area contributed by atoms with Crippen LogP contribution in [0, 0.1) is 5.82 Å². The second-order valence-corrected chi connectivity index (χ2v) is 6.40. The van der Waals surface area contributed by atoms with Gasteiger partial charge in [-0.25, -0.2) is 4.39 Å². The first-order valence-corrected chi connectivity index (χ1v) is 8.61. The number of phenols is 1. The highest BCUT2D eigenvalue weighted by Gasteiger charge is 2.34. The Bertz CT molecular complexity index is 999. The molecule has 1 N–H and O–H groups in total. The molecule has 1 heterocycles. The van der Waals surface area contributed by atoms with Gasteiger partial charge in [-0.1, -0.05) is 37.3 Å². The van der Waals surface area contributed by atoms with Crippen molar-refractivity contribution < 1.29 is 14.3 Å². The highest BCUT2D eigenvalue weighted by Crippen LogP contribution is 2.46. The third-order valence-corrected chi connectivity index (χ3v) is 4.84. The summed E-state index contributed by atoms with van der Waals surface area (Å²) in [7, 11) is 0. The Morgan fingerprint density at radius 1 is 1.04 bits per heavy atom. The summed E-state index contributed by atoms with van der Waals surface area (Å²) >= 11 is 0. The number of hydrogen-bond donors (Lipinski definition) is 1. The van der Waals surface area contributed by atoms with Crippen LogP contribution in [0.3, 0.4) is 0 Å². The summed E-state index contributed by atoms with van der Waals surface area (Å²) < 4.78 is 13.9. The lowest BCUT2D eigenvalue weighted by Crippen LogP contribution is -2.37. The molecule has 130 valence electrons. The number of aromatic hydroxyl groups is 1. The maximum atomic E-state index is 13.9. The third-order valence-electron chi connectivity index (χ3n) is 4.84. The van der Waals surface area contributed by atoms with Crippen LogP contribution in [-0.4, -0.2) is 11.0 Å². The number of phenolic OH excluding ortho intramolecular Hbond substituents is 1. The summed E-state index contributed by atoms with van der Waals surface area (Å²) in [6.07, 6.45) is 0.648. The molecule has 0 spiro atoms. The minimum absolute atomic E-state index is 0.0423. The molecule has 0 aliphatic carbocycles. The van der Waals surface area contributed by atoms with E-state index in [-0.39, 0.29) is 23.5 Å². The molecule has 3 aromatic carbocycles. The zero-order valence-corrected chi connectivity index (χ0v) is 14.3. The van der Waals surface area contributed by atoms with Gasteiger partial charge in [-0.15, -0.1) is 0 Å². The van der Waals surface area contributed by atoms with Crippen molar-refractivity contribution in [1.82, 2.24) is 0 Å². The lowest BCUT2D eigenvalue weighted by Gasteiger charge is -2.38. The van der Waals surface area contributed by atoms with E-state index in [2.05, 4.69) is 0 Å². The SMILES string of the molecule is CC[C@@H]1c2cc(F)ccc2-c2ccccc2N1C(=O)c1cccc(O)c1. The molecule has 1 amide bonds. The molecule has 1 aliphatic rings. The molecular formula is C22H18FNO2. The number of halogens is 1. The van der Waals surface area contributed by atoms with Gasteiger partial charge in [0.25, 0.3) is 5.91 Å². The zero-order valence-electron chi connectivity index (χ0n) is 14.3. The van der Waals surface area contributed by atoms with Gasteiger partial charge in [0, 0.05) is 11.1 Å². The molecule has 0 fully saturated rings. The molecule has 0 bridgehead atoms. The number of carbonyl (C=O) groups is 1. The smallest absolute Gasteiger partial charge is 0.259 e. The Kier molecular flexibility index (Phi) is 3.96. The van der Waals surface area contributed by atoms with Gasteiger partial charge in [0.1, 0.15) is 11.6 Å². The van der Waals surface area contributed by atoms with E-state index in [1.165, 1.54) is 24.3 Å². The average molecular weight is 347 g/mol. The minimum Gasteiger partial charge on any atom is -0.508 e. The van der Waals surface area contributed by atoms with E-state index in [9.17, 15) is 14.3 Å². The Morgan fingerprint density at radius 3 is 2.62 bits per heavy atom. The van der Waals surface area contributed by atoms with E-state index in [4.69, 9.17) is 0 Å². The summed E-state index contributed by atoms with van der Waals surface area (Å²) in [4.78, 5) is 15.0. The van der Waals surface area contributed by atoms with E-state index in [0.29, 0.717) is 12.0 Å². The van der Waals surface area contributed by atoms with Gasteiger partial charge in [0.05, 0.1) is 11.7 Å². The lowest BCUT2D eigenvalue weighted by atomic mass is 9.86. The number of nitrogens with zero attached hydrogens (tertiary/aromatic N) is 1. The fourth-order valence-corrected chi connectivity index (χ4v) is 3.70. The number of fused-ring (bicyclic) bond motifs is 3. The molecule has 0 saturated heterocycles. The summed E-state index contributed by atoms with van der Waals surface area (Å²) in [5.74, 6) is -0.484. The lowest BCUT2D eigenvalue weighted by molar-refractivity contribution is 0.0974. The van der Waals surface area contributed by atoms with Crippen molar-refractivity contribution in [1.29, 1.82) is 0 Å². The quantitative estimate of drug-likeness (QED) is 0.682. The molecule has 3 aromatic rings. The Balaban J connectivity index is 1.93. The van der Waals surface area contributed by atoms with Crippen molar-refractivity contribution >= 4 is 11.6 Å². The predicted molar refractivity (Wildman–Crippen MR) is 99.8 cm³/mol. The fraction of sp³-hybridized carbons (Fsp3) is 0.136. The Morgan fingerprint density at radius 2 is 1.85 bits per heavy atom. The van der Waals surface area contributed by atoms with Crippen LogP contribution in [0.25, 0.3) is 11.1 Å². The second kappa shape index (κ2) is 6.30. The average Bonchev–Trinajstić information content (AvgIpc) is 2.66. The standard InChI is InChI=1S/C22H18FNO2/c1-2-20-19-13-15(23)10-11-17(19)18-8-3-4-9-21(18)24(20)22(26)14-6-5-7-16(25)12-14/h3-13,20,25H,2H2,1H3/t20-/m1/s1. The summed E-state index contributed by atoms with van der Waals surface area (Å²) in [6.45, 7) is 1.98. The molecule has 4 heteroatoms. The van der Waals surface area contributed by atoms with E-state index in [1.807, 2.05) is 31.2 Å². The maximum Gasteiger partial charge on any atom is 0.259 e. The number of carbonyl (C=O) groups excluding carboxylic acids is 1. The molecule has 0 radical (unpaired) electrons. The number of rotatable bonds is 2. The van der Waals surface area contributed by atoms with Crippen molar-refractivity contribution in [3.05, 3.63) is 83.7 Å². The highest BCUT2D eigenvalue weighted by atomic mass is 19.1. The van der Waals surface area contributed by atoms with Crippen LogP contribution in [0.5, 0.6) is 5.75 Å². The number of amides is 1. The number of para-hydroxylation sites is 1. The van der Waals surface area contributed by atoms with E-state index < -0.39 is 0 Å². The van der Waals surface area contributed by atoms with Gasteiger partial charge in [-0.2, -0.15) is 0 Å². The summed E-state index contributed by atoms with van der Waals surface area (Å²) in [5, 5.41) is 9.75. The van der Waals surface area contributed by atoms with E-state index in [1.54, 1.807) is 23.1 Å². The molecule has 1 atom stereocenters. The Labute approximate surface area is 151 Å². The van der Waals surface area contributed by atoms with Crippen molar-refractivity contribution in [2.75, 3.05) is 4.90 Å². The topological polar surface area (TPSA) is 40.5 Å². The van der Waals surface area contributed by atoms with Crippen LogP contribution >= 0.6 is 0 Å². The fourth-order valence-electron chi connectivity index (χ4n) is 3.70. The summed E-state index contributed by atoms with van der Waals surface area (Å²) in [5.41, 5.74) is 3.86. The summed E-state index contributed by atoms with van der Waals surface area (Å²) in [6, 6.07) is 18.4. The minimum atomic E-state index is -0.314. The van der Waals surface area contributed by atoms with Gasteiger partial charge in [0.2, 0.25) is 0 Å². The number of anilines is 1. The molecule has 0 unspecified atom stereocenters. The first-order valence-electron chi connectivity index (χ1n) is 8.61. The van der Waals surface area contributed by atoms with Gasteiger partial charge in [-0.3, -0.25) is 4.79 Å². The second-order valence-electron chi connectivity index (χ2n) is 6.40. The largest absolute Gasteiger partial charge is 0.508 e. The molecular weight excluding hydrogens is 329 g/mol. The molecule has 1 aliphatic heterocycles. The van der Waals surface area contributed by atoms with E-state index in [0.717, 1.165) is 22.4 Å².